The number of ether oxygens (including phenoxy) is 1. The van der Waals surface area contributed by atoms with Gasteiger partial charge in [-0.15, -0.1) is 8.80 Å². The van der Waals surface area contributed by atoms with Crippen LogP contribution in [0.1, 0.15) is 0 Å². The molecule has 0 bridgehead atoms. The number of hydrogen-bond acceptors (Lipinski definition) is 3. The lowest BCUT2D eigenvalue weighted by atomic mass is 10.7. The molecule has 9 heavy (non-hydrogen) atoms. The van der Waals surface area contributed by atoms with E-state index >= 15 is 0 Å². The van der Waals surface area contributed by atoms with E-state index in [9.17, 15) is 8.42 Å². The highest BCUT2D eigenvalue weighted by atomic mass is 32.2. The van der Waals surface area contributed by atoms with Crippen molar-refractivity contribution in [2.45, 2.75) is 0 Å². The molecule has 0 aliphatic carbocycles. The van der Waals surface area contributed by atoms with Gasteiger partial charge in [-0.2, -0.15) is 8.42 Å². The standard InChI is InChI=1S/C3H4N2O3S/c1-8-3-2-4-9(6,7)5-3/h2H,1H3. The minimum Gasteiger partial charge on any atom is -0.479 e. The van der Waals surface area contributed by atoms with Crippen molar-refractivity contribution in [3.05, 3.63) is 0 Å². The van der Waals surface area contributed by atoms with Crippen LogP contribution in [0.2, 0.25) is 0 Å². The summed E-state index contributed by atoms with van der Waals surface area (Å²) >= 11 is 0. The van der Waals surface area contributed by atoms with Crippen LogP contribution in [-0.2, 0) is 14.9 Å². The van der Waals surface area contributed by atoms with Gasteiger partial charge in [0.15, 0.2) is 0 Å². The molecular formula is C3H4N2O3S. The monoisotopic (exact) mass is 148 g/mol. The van der Waals surface area contributed by atoms with E-state index in [0.29, 0.717) is 0 Å². The van der Waals surface area contributed by atoms with Crippen molar-refractivity contribution in [3.8, 4) is 0 Å². The van der Waals surface area contributed by atoms with Crippen LogP contribution in [0.25, 0.3) is 0 Å². The van der Waals surface area contributed by atoms with Crippen molar-refractivity contribution < 1.29 is 13.2 Å². The van der Waals surface area contributed by atoms with Crippen LogP contribution < -0.4 is 0 Å². The summed E-state index contributed by atoms with van der Waals surface area (Å²) in [5.74, 6) is 0.0231. The lowest BCUT2D eigenvalue weighted by molar-refractivity contribution is 0.414. The molecule has 0 spiro atoms. The minimum atomic E-state index is -3.58. The zero-order chi connectivity index (χ0) is 6.91. The first-order valence-electron chi connectivity index (χ1n) is 2.08. The normalized spacial score (nSPS) is 21.7. The van der Waals surface area contributed by atoms with E-state index in [1.165, 1.54) is 7.11 Å². The van der Waals surface area contributed by atoms with Gasteiger partial charge in [0.25, 0.3) is 0 Å². The fourth-order valence-corrected chi connectivity index (χ4v) is 0.982. The quantitative estimate of drug-likeness (QED) is 0.459. The molecule has 0 aromatic heterocycles. The first-order valence-corrected chi connectivity index (χ1v) is 3.48. The average Bonchev–Trinajstić information content (AvgIpc) is 2.10. The Morgan fingerprint density at radius 3 is 2.56 bits per heavy atom. The molecule has 6 heteroatoms. The van der Waals surface area contributed by atoms with Gasteiger partial charge >= 0.3 is 10.2 Å². The Bertz CT molecular complexity index is 263. The molecule has 5 nitrogen and oxygen atoms in total. The van der Waals surface area contributed by atoms with Gasteiger partial charge in [-0.1, -0.05) is 0 Å². The van der Waals surface area contributed by atoms with Crippen molar-refractivity contribution in [1.29, 1.82) is 0 Å². The Kier molecular flexibility index (Phi) is 1.24. The van der Waals surface area contributed by atoms with Crippen molar-refractivity contribution in [2.24, 2.45) is 8.80 Å². The van der Waals surface area contributed by atoms with Crippen molar-refractivity contribution in [2.75, 3.05) is 7.11 Å². The van der Waals surface area contributed by atoms with E-state index in [-0.39, 0.29) is 5.90 Å². The van der Waals surface area contributed by atoms with E-state index in [1.54, 1.807) is 0 Å². The summed E-state index contributed by atoms with van der Waals surface area (Å²) < 4.78 is 31.3. The molecule has 50 valence electrons. The topological polar surface area (TPSA) is 68.1 Å². The Morgan fingerprint density at radius 1 is 1.67 bits per heavy atom. The average molecular weight is 148 g/mol. The lowest BCUT2D eigenvalue weighted by Gasteiger charge is -1.86. The molecular weight excluding hydrogens is 144 g/mol. The predicted octanol–water partition coefficient (Wildman–Crippen LogP) is -0.639. The summed E-state index contributed by atoms with van der Waals surface area (Å²) in [4.78, 5) is 0. The van der Waals surface area contributed by atoms with Crippen LogP contribution in [0, 0.1) is 0 Å². The number of methoxy groups -OCH3 is 1. The fourth-order valence-electron chi connectivity index (χ4n) is 0.363. The molecule has 0 atom stereocenters. The summed E-state index contributed by atoms with van der Waals surface area (Å²) in [6.07, 6.45) is 1.05. The van der Waals surface area contributed by atoms with Crippen LogP contribution in [0.5, 0.6) is 0 Å². The van der Waals surface area contributed by atoms with Gasteiger partial charge in [-0.05, 0) is 0 Å². The van der Waals surface area contributed by atoms with Gasteiger partial charge in [0.1, 0.15) is 6.21 Å². The molecule has 0 aromatic rings. The third-order valence-corrected chi connectivity index (χ3v) is 1.49. The zero-order valence-electron chi connectivity index (χ0n) is 4.60. The fraction of sp³-hybridized carbons (Fsp3) is 0.333. The van der Waals surface area contributed by atoms with E-state index in [1.807, 2.05) is 0 Å². The van der Waals surface area contributed by atoms with Crippen LogP contribution in [0.4, 0.5) is 0 Å². The van der Waals surface area contributed by atoms with Crippen LogP contribution >= 0.6 is 0 Å². The van der Waals surface area contributed by atoms with Gasteiger partial charge in [-0.25, -0.2) is 0 Å². The van der Waals surface area contributed by atoms with Crippen molar-refractivity contribution in [3.63, 3.8) is 0 Å². The highest BCUT2D eigenvalue weighted by Crippen LogP contribution is 2.00. The summed E-state index contributed by atoms with van der Waals surface area (Å²) in [6.45, 7) is 0. The third-order valence-electron chi connectivity index (χ3n) is 0.711. The summed E-state index contributed by atoms with van der Waals surface area (Å²) in [5.41, 5.74) is 0. The maximum Gasteiger partial charge on any atom is 0.366 e. The summed E-state index contributed by atoms with van der Waals surface area (Å²) in [5, 5.41) is 0. The largest absolute Gasteiger partial charge is 0.479 e. The van der Waals surface area contributed by atoms with Crippen LogP contribution in [0.15, 0.2) is 8.80 Å². The Balaban J connectivity index is 3.01. The summed E-state index contributed by atoms with van der Waals surface area (Å²) in [6, 6.07) is 0. The summed E-state index contributed by atoms with van der Waals surface area (Å²) in [7, 11) is -2.25. The number of rotatable bonds is 0. The van der Waals surface area contributed by atoms with Gasteiger partial charge in [0.2, 0.25) is 5.90 Å². The minimum absolute atomic E-state index is 0.0231. The maximum atomic E-state index is 10.3. The predicted molar refractivity (Wildman–Crippen MR) is 31.9 cm³/mol. The van der Waals surface area contributed by atoms with Gasteiger partial charge < -0.3 is 4.74 Å². The molecule has 0 saturated carbocycles. The third kappa shape index (κ3) is 1.26. The molecule has 0 unspecified atom stereocenters. The van der Waals surface area contributed by atoms with Crippen LogP contribution in [0.3, 0.4) is 0 Å². The molecule has 1 heterocycles. The van der Waals surface area contributed by atoms with Crippen molar-refractivity contribution in [1.82, 2.24) is 0 Å². The second kappa shape index (κ2) is 1.80. The first-order chi connectivity index (χ1) is 4.14. The number of hydrogen-bond donors (Lipinski definition) is 0. The maximum absolute atomic E-state index is 10.3. The van der Waals surface area contributed by atoms with Crippen LogP contribution in [-0.4, -0.2) is 27.6 Å². The highest BCUT2D eigenvalue weighted by Gasteiger charge is 2.13. The molecule has 0 fully saturated rings. The Labute approximate surface area is 52.3 Å². The molecule has 1 aliphatic heterocycles. The van der Waals surface area contributed by atoms with Gasteiger partial charge in [-0.3, -0.25) is 0 Å². The molecule has 0 amide bonds. The molecule has 1 aliphatic rings. The molecule has 0 saturated heterocycles. The Morgan fingerprint density at radius 2 is 2.33 bits per heavy atom. The highest BCUT2D eigenvalue weighted by molar-refractivity contribution is 7.89. The van der Waals surface area contributed by atoms with E-state index < -0.39 is 10.2 Å². The number of nitrogens with zero attached hydrogens (tertiary/aromatic N) is 2. The Hall–Kier alpha value is -0.910. The first kappa shape index (κ1) is 6.21. The van der Waals surface area contributed by atoms with E-state index in [2.05, 4.69) is 13.5 Å². The molecule has 0 aromatic carbocycles. The molecule has 0 N–H and O–H groups in total. The SMILES string of the molecule is COC1=NS(=O)(=O)N=C1. The molecule has 1 rings (SSSR count). The smallest absolute Gasteiger partial charge is 0.366 e. The molecule has 0 radical (unpaired) electrons. The van der Waals surface area contributed by atoms with Crippen molar-refractivity contribution >= 4 is 22.3 Å². The second-order valence-electron chi connectivity index (χ2n) is 1.32. The van der Waals surface area contributed by atoms with E-state index in [0.717, 1.165) is 6.21 Å². The van der Waals surface area contributed by atoms with Gasteiger partial charge in [0.05, 0.1) is 7.11 Å². The van der Waals surface area contributed by atoms with Gasteiger partial charge in [0, 0.05) is 0 Å². The lowest BCUT2D eigenvalue weighted by Crippen LogP contribution is -1.97. The second-order valence-corrected chi connectivity index (χ2v) is 2.61. The van der Waals surface area contributed by atoms with E-state index in [4.69, 9.17) is 0 Å². The zero-order valence-corrected chi connectivity index (χ0v) is 5.42.